The molecule has 0 aliphatic carbocycles. The van der Waals surface area contributed by atoms with Crippen molar-refractivity contribution in [2.24, 2.45) is 5.73 Å². The zero-order chi connectivity index (χ0) is 8.81. The van der Waals surface area contributed by atoms with Gasteiger partial charge >= 0.3 is 0 Å². The molecular formula is C10H15N2. The predicted octanol–water partition coefficient (Wildman–Crippen LogP) is 1.11. The summed E-state index contributed by atoms with van der Waals surface area (Å²) in [7, 11) is 0. The molecule has 0 aliphatic rings. The summed E-state index contributed by atoms with van der Waals surface area (Å²) in [5, 5.41) is 3.21. The van der Waals surface area contributed by atoms with Crippen molar-refractivity contribution in [2.45, 2.75) is 6.04 Å². The molecule has 0 spiro atoms. The van der Waals surface area contributed by atoms with Crippen LogP contribution in [-0.4, -0.2) is 13.1 Å². The van der Waals surface area contributed by atoms with Crippen molar-refractivity contribution in [2.75, 3.05) is 13.1 Å². The molecule has 0 aromatic heterocycles. The summed E-state index contributed by atoms with van der Waals surface area (Å²) in [6.07, 6.45) is 0. The Morgan fingerprint density at radius 3 is 2.58 bits per heavy atom. The van der Waals surface area contributed by atoms with Crippen molar-refractivity contribution in [3.05, 3.63) is 42.8 Å². The van der Waals surface area contributed by atoms with Gasteiger partial charge in [-0.15, -0.1) is 0 Å². The first-order chi connectivity index (χ1) is 5.84. The highest BCUT2D eigenvalue weighted by molar-refractivity contribution is 5.19. The number of benzene rings is 1. The molecule has 1 aromatic carbocycles. The lowest BCUT2D eigenvalue weighted by Crippen LogP contribution is -2.25. The van der Waals surface area contributed by atoms with Crippen LogP contribution in [0.15, 0.2) is 30.3 Å². The van der Waals surface area contributed by atoms with Gasteiger partial charge in [0.05, 0.1) is 0 Å². The number of rotatable bonds is 4. The minimum absolute atomic E-state index is 0.148. The van der Waals surface area contributed by atoms with Crippen LogP contribution < -0.4 is 11.1 Å². The quantitative estimate of drug-likeness (QED) is 0.697. The van der Waals surface area contributed by atoms with E-state index in [9.17, 15) is 0 Å². The number of nitrogens with one attached hydrogen (secondary N) is 1. The van der Waals surface area contributed by atoms with E-state index in [1.807, 2.05) is 18.2 Å². The van der Waals surface area contributed by atoms with Crippen LogP contribution in [0.25, 0.3) is 0 Å². The van der Waals surface area contributed by atoms with Crippen molar-refractivity contribution >= 4 is 0 Å². The van der Waals surface area contributed by atoms with E-state index in [4.69, 9.17) is 5.73 Å². The van der Waals surface area contributed by atoms with Gasteiger partial charge in [0.15, 0.2) is 0 Å². The van der Waals surface area contributed by atoms with Crippen LogP contribution in [0.3, 0.4) is 0 Å². The van der Waals surface area contributed by atoms with E-state index < -0.39 is 0 Å². The molecule has 0 heterocycles. The summed E-state index contributed by atoms with van der Waals surface area (Å²) in [6, 6.07) is 10.3. The molecule has 1 unspecified atom stereocenters. The molecule has 0 amide bonds. The molecule has 65 valence electrons. The largest absolute Gasteiger partial charge is 0.329 e. The SMILES string of the molecule is [CH2]C(NCCN)c1ccccc1. The van der Waals surface area contributed by atoms with Crippen molar-refractivity contribution < 1.29 is 0 Å². The molecule has 1 aromatic rings. The smallest absolute Gasteiger partial charge is 0.0321 e. The second-order valence-electron chi connectivity index (χ2n) is 2.71. The van der Waals surface area contributed by atoms with Crippen molar-refractivity contribution in [1.29, 1.82) is 0 Å². The van der Waals surface area contributed by atoms with Crippen LogP contribution in [0.5, 0.6) is 0 Å². The highest BCUT2D eigenvalue weighted by Crippen LogP contribution is 2.09. The van der Waals surface area contributed by atoms with Crippen LogP contribution in [0, 0.1) is 6.92 Å². The number of hydrogen-bond acceptors (Lipinski definition) is 2. The van der Waals surface area contributed by atoms with Crippen LogP contribution >= 0.6 is 0 Å². The Balaban J connectivity index is 2.48. The summed E-state index contributed by atoms with van der Waals surface area (Å²) in [4.78, 5) is 0. The third-order valence-electron chi connectivity index (χ3n) is 1.74. The molecule has 0 bridgehead atoms. The minimum Gasteiger partial charge on any atom is -0.329 e. The maximum Gasteiger partial charge on any atom is 0.0321 e. The predicted molar refractivity (Wildman–Crippen MR) is 51.6 cm³/mol. The van der Waals surface area contributed by atoms with E-state index in [0.717, 1.165) is 6.54 Å². The van der Waals surface area contributed by atoms with E-state index in [1.54, 1.807) is 0 Å². The zero-order valence-corrected chi connectivity index (χ0v) is 7.16. The fourth-order valence-corrected chi connectivity index (χ4v) is 1.06. The average Bonchev–Trinajstić information content (AvgIpc) is 2.15. The monoisotopic (exact) mass is 163 g/mol. The normalized spacial score (nSPS) is 12.8. The van der Waals surface area contributed by atoms with Crippen LogP contribution in [0.1, 0.15) is 11.6 Å². The van der Waals surface area contributed by atoms with Gasteiger partial charge in [-0.1, -0.05) is 30.3 Å². The number of hydrogen-bond donors (Lipinski definition) is 2. The molecular weight excluding hydrogens is 148 g/mol. The van der Waals surface area contributed by atoms with Gasteiger partial charge in [0.2, 0.25) is 0 Å². The molecule has 3 N–H and O–H groups in total. The Kier molecular flexibility index (Phi) is 3.77. The molecule has 0 aliphatic heterocycles. The van der Waals surface area contributed by atoms with Gasteiger partial charge in [-0.3, -0.25) is 0 Å². The van der Waals surface area contributed by atoms with Crippen molar-refractivity contribution in [3.63, 3.8) is 0 Å². The fraction of sp³-hybridized carbons (Fsp3) is 0.300. The Labute approximate surface area is 73.8 Å². The Bertz CT molecular complexity index is 208. The molecule has 0 saturated heterocycles. The minimum atomic E-state index is 0.148. The van der Waals surface area contributed by atoms with Crippen LogP contribution in [0.2, 0.25) is 0 Å². The van der Waals surface area contributed by atoms with E-state index >= 15 is 0 Å². The Morgan fingerprint density at radius 2 is 2.00 bits per heavy atom. The van der Waals surface area contributed by atoms with E-state index in [2.05, 4.69) is 24.4 Å². The van der Waals surface area contributed by atoms with Gasteiger partial charge < -0.3 is 11.1 Å². The van der Waals surface area contributed by atoms with Gasteiger partial charge in [-0.2, -0.15) is 0 Å². The molecule has 0 saturated carbocycles. The average molecular weight is 163 g/mol. The first-order valence-corrected chi connectivity index (χ1v) is 4.16. The highest BCUT2D eigenvalue weighted by Gasteiger charge is 2.01. The maximum absolute atomic E-state index is 5.36. The summed E-state index contributed by atoms with van der Waals surface area (Å²) in [6.45, 7) is 5.44. The van der Waals surface area contributed by atoms with Crippen molar-refractivity contribution in [1.82, 2.24) is 5.32 Å². The van der Waals surface area contributed by atoms with Gasteiger partial charge in [-0.05, 0) is 12.5 Å². The first kappa shape index (κ1) is 9.23. The highest BCUT2D eigenvalue weighted by atomic mass is 14.9. The van der Waals surface area contributed by atoms with Gasteiger partial charge in [0, 0.05) is 19.1 Å². The summed E-state index contributed by atoms with van der Waals surface area (Å²) in [5.74, 6) is 0. The van der Waals surface area contributed by atoms with Gasteiger partial charge in [0.25, 0.3) is 0 Å². The summed E-state index contributed by atoms with van der Waals surface area (Å²) >= 11 is 0. The van der Waals surface area contributed by atoms with Crippen molar-refractivity contribution in [3.8, 4) is 0 Å². The summed E-state index contributed by atoms with van der Waals surface area (Å²) in [5.41, 5.74) is 6.56. The maximum atomic E-state index is 5.36. The molecule has 1 atom stereocenters. The molecule has 1 radical (unpaired) electrons. The third-order valence-corrected chi connectivity index (χ3v) is 1.74. The first-order valence-electron chi connectivity index (χ1n) is 4.16. The molecule has 2 heteroatoms. The van der Waals surface area contributed by atoms with Crippen LogP contribution in [0.4, 0.5) is 0 Å². The zero-order valence-electron chi connectivity index (χ0n) is 7.16. The lowest BCUT2D eigenvalue weighted by molar-refractivity contribution is 0.624. The van der Waals surface area contributed by atoms with Gasteiger partial charge in [-0.25, -0.2) is 0 Å². The summed E-state index contributed by atoms with van der Waals surface area (Å²) < 4.78 is 0. The Hall–Kier alpha value is -0.860. The Morgan fingerprint density at radius 1 is 1.33 bits per heavy atom. The molecule has 0 fully saturated rings. The lowest BCUT2D eigenvalue weighted by atomic mass is 10.1. The van der Waals surface area contributed by atoms with E-state index in [0.29, 0.717) is 6.54 Å². The third kappa shape index (κ3) is 2.64. The van der Waals surface area contributed by atoms with Gasteiger partial charge in [0.1, 0.15) is 0 Å². The topological polar surface area (TPSA) is 38.0 Å². The standard InChI is InChI=1S/C10H15N2/c1-9(12-8-7-11)10-5-3-2-4-6-10/h2-6,9,12H,1,7-8,11H2. The van der Waals surface area contributed by atoms with E-state index in [-0.39, 0.29) is 6.04 Å². The second kappa shape index (κ2) is 4.91. The fourth-order valence-electron chi connectivity index (χ4n) is 1.06. The molecule has 1 rings (SSSR count). The molecule has 2 nitrogen and oxygen atoms in total. The number of nitrogens with two attached hydrogens (primary N) is 1. The second-order valence-corrected chi connectivity index (χ2v) is 2.71. The van der Waals surface area contributed by atoms with E-state index in [1.165, 1.54) is 5.56 Å². The molecule has 12 heavy (non-hydrogen) atoms. The van der Waals surface area contributed by atoms with Crippen LogP contribution in [-0.2, 0) is 0 Å². The lowest BCUT2D eigenvalue weighted by Gasteiger charge is -2.12.